The molecule has 2 aliphatic rings. The predicted molar refractivity (Wildman–Crippen MR) is 98.3 cm³/mol. The number of amides is 1. The van der Waals surface area contributed by atoms with E-state index in [1.54, 1.807) is 16.2 Å². The van der Waals surface area contributed by atoms with Crippen LogP contribution in [0.25, 0.3) is 0 Å². The fraction of sp³-hybridized carbons (Fsp3) is 0.500. The van der Waals surface area contributed by atoms with Crippen molar-refractivity contribution in [1.29, 1.82) is 0 Å². The Bertz CT molecular complexity index is 792. The zero-order valence-electron chi connectivity index (χ0n) is 14.5. The minimum absolute atomic E-state index is 0.148. The van der Waals surface area contributed by atoms with Gasteiger partial charge in [-0.05, 0) is 35.2 Å². The van der Waals surface area contributed by atoms with E-state index >= 15 is 0 Å². The van der Waals surface area contributed by atoms with Gasteiger partial charge in [0.25, 0.3) is 11.5 Å². The monoisotopic (exact) mass is 374 g/mol. The van der Waals surface area contributed by atoms with Gasteiger partial charge in [-0.25, -0.2) is 4.98 Å². The third-order valence-corrected chi connectivity index (χ3v) is 5.91. The number of aromatic amines is 1. The second-order valence-corrected chi connectivity index (χ2v) is 7.74. The number of ether oxygens (including phenoxy) is 1. The van der Waals surface area contributed by atoms with Crippen molar-refractivity contribution in [2.45, 2.75) is 25.0 Å². The summed E-state index contributed by atoms with van der Waals surface area (Å²) in [6.45, 7) is 4.59. The molecule has 0 atom stereocenters. The van der Waals surface area contributed by atoms with Crippen LogP contribution in [0.4, 0.5) is 0 Å². The molecule has 0 aromatic carbocycles. The van der Waals surface area contributed by atoms with Gasteiger partial charge in [-0.1, -0.05) is 0 Å². The molecular formula is C18H22N4O3S. The lowest BCUT2D eigenvalue weighted by atomic mass is 9.89. The number of carbonyl (C=O) groups is 1. The number of morpholine rings is 1. The topological polar surface area (TPSA) is 78.5 Å². The van der Waals surface area contributed by atoms with E-state index in [0.29, 0.717) is 19.7 Å². The molecule has 0 saturated carbocycles. The number of aromatic nitrogens is 2. The fourth-order valence-corrected chi connectivity index (χ4v) is 4.36. The molecule has 2 saturated heterocycles. The first-order valence-corrected chi connectivity index (χ1v) is 9.79. The standard InChI is InChI=1S/C18H22N4O3S/c23-16-10-19-15(9-20-16)17(24)22-6-7-25-18(13-22)2-4-21(5-3-18)11-14-1-8-26-12-14/h1,8-10,12H,2-7,11,13H2,(H,20,23). The molecule has 7 nitrogen and oxygen atoms in total. The summed E-state index contributed by atoms with van der Waals surface area (Å²) in [5.41, 5.74) is 1.06. The number of nitrogens with one attached hydrogen (secondary N) is 1. The Kier molecular flexibility index (Phi) is 4.88. The average molecular weight is 374 g/mol. The molecule has 2 fully saturated rings. The lowest BCUT2D eigenvalue weighted by molar-refractivity contribution is -0.128. The highest BCUT2D eigenvalue weighted by Crippen LogP contribution is 2.31. The summed E-state index contributed by atoms with van der Waals surface area (Å²) >= 11 is 1.73. The Labute approximate surface area is 155 Å². The lowest BCUT2D eigenvalue weighted by Gasteiger charge is -2.47. The highest BCUT2D eigenvalue weighted by molar-refractivity contribution is 7.07. The van der Waals surface area contributed by atoms with Crippen molar-refractivity contribution in [1.82, 2.24) is 19.8 Å². The maximum absolute atomic E-state index is 12.7. The summed E-state index contributed by atoms with van der Waals surface area (Å²) in [5.74, 6) is -0.148. The van der Waals surface area contributed by atoms with Crippen LogP contribution in [0.15, 0.2) is 34.0 Å². The number of rotatable bonds is 3. The van der Waals surface area contributed by atoms with Gasteiger partial charge >= 0.3 is 0 Å². The molecule has 26 heavy (non-hydrogen) atoms. The molecule has 2 aromatic rings. The van der Waals surface area contributed by atoms with Gasteiger partial charge in [0.05, 0.1) is 24.9 Å². The number of hydrogen-bond acceptors (Lipinski definition) is 6. The largest absolute Gasteiger partial charge is 0.371 e. The van der Waals surface area contributed by atoms with E-state index in [2.05, 4.69) is 31.7 Å². The molecule has 0 radical (unpaired) electrons. The zero-order chi connectivity index (χ0) is 18.0. The molecule has 8 heteroatoms. The first kappa shape index (κ1) is 17.4. The lowest BCUT2D eigenvalue weighted by Crippen LogP contribution is -2.58. The Hall–Kier alpha value is -2.03. The highest BCUT2D eigenvalue weighted by atomic mass is 32.1. The van der Waals surface area contributed by atoms with Gasteiger partial charge in [-0.3, -0.25) is 14.5 Å². The molecule has 138 valence electrons. The van der Waals surface area contributed by atoms with Crippen LogP contribution in [-0.2, 0) is 11.3 Å². The van der Waals surface area contributed by atoms with Crippen molar-refractivity contribution in [2.75, 3.05) is 32.8 Å². The van der Waals surface area contributed by atoms with Crippen molar-refractivity contribution in [3.8, 4) is 0 Å². The van der Waals surface area contributed by atoms with E-state index in [9.17, 15) is 9.59 Å². The number of likely N-dealkylation sites (tertiary alicyclic amines) is 1. The van der Waals surface area contributed by atoms with Crippen molar-refractivity contribution >= 4 is 17.2 Å². The molecule has 1 amide bonds. The van der Waals surface area contributed by atoms with Crippen molar-refractivity contribution < 1.29 is 9.53 Å². The van der Waals surface area contributed by atoms with Gasteiger partial charge < -0.3 is 14.6 Å². The SMILES string of the molecule is O=C(c1c[nH]c(=O)cn1)N1CCOC2(CCN(Cc3ccsc3)CC2)C1. The predicted octanol–water partition coefficient (Wildman–Crippen LogP) is 1.34. The van der Waals surface area contributed by atoms with E-state index in [0.717, 1.165) is 38.7 Å². The summed E-state index contributed by atoms with van der Waals surface area (Å²) < 4.78 is 6.13. The van der Waals surface area contributed by atoms with Crippen LogP contribution < -0.4 is 5.56 Å². The minimum atomic E-state index is -0.307. The molecule has 2 aliphatic heterocycles. The third kappa shape index (κ3) is 3.72. The van der Waals surface area contributed by atoms with E-state index in [1.807, 2.05) is 0 Å². The third-order valence-electron chi connectivity index (χ3n) is 5.18. The number of H-pyrrole nitrogens is 1. The molecule has 1 spiro atoms. The molecule has 1 N–H and O–H groups in total. The Balaban J connectivity index is 1.38. The first-order valence-electron chi connectivity index (χ1n) is 8.85. The number of piperidine rings is 1. The van der Waals surface area contributed by atoms with Crippen molar-refractivity contribution in [3.63, 3.8) is 0 Å². The second-order valence-electron chi connectivity index (χ2n) is 6.96. The smallest absolute Gasteiger partial charge is 0.274 e. The van der Waals surface area contributed by atoms with Crippen LogP contribution in [-0.4, -0.2) is 64.1 Å². The number of hydrogen-bond donors (Lipinski definition) is 1. The van der Waals surface area contributed by atoms with Crippen LogP contribution in [0.2, 0.25) is 0 Å². The van der Waals surface area contributed by atoms with Gasteiger partial charge in [0.1, 0.15) is 5.69 Å². The maximum atomic E-state index is 12.7. The van der Waals surface area contributed by atoms with Gasteiger partial charge in [0.2, 0.25) is 0 Å². The van der Waals surface area contributed by atoms with Crippen LogP contribution in [0.3, 0.4) is 0 Å². The van der Waals surface area contributed by atoms with E-state index in [4.69, 9.17) is 4.74 Å². The number of nitrogens with zero attached hydrogens (tertiary/aromatic N) is 3. The molecular weight excluding hydrogens is 352 g/mol. The van der Waals surface area contributed by atoms with Crippen LogP contribution in [0.1, 0.15) is 28.9 Å². The minimum Gasteiger partial charge on any atom is -0.371 e. The molecule has 0 aliphatic carbocycles. The van der Waals surface area contributed by atoms with Gasteiger partial charge in [0, 0.05) is 32.4 Å². The van der Waals surface area contributed by atoms with Crippen molar-refractivity contribution in [2.24, 2.45) is 0 Å². The van der Waals surface area contributed by atoms with Crippen LogP contribution >= 0.6 is 11.3 Å². The number of carbonyl (C=O) groups excluding carboxylic acids is 1. The molecule has 0 bridgehead atoms. The summed E-state index contributed by atoms with van der Waals surface area (Å²) in [7, 11) is 0. The maximum Gasteiger partial charge on any atom is 0.274 e. The van der Waals surface area contributed by atoms with Crippen molar-refractivity contribution in [3.05, 3.63) is 50.8 Å². The summed E-state index contributed by atoms with van der Waals surface area (Å²) in [4.78, 5) is 34.6. The van der Waals surface area contributed by atoms with Gasteiger partial charge in [-0.15, -0.1) is 0 Å². The van der Waals surface area contributed by atoms with Gasteiger partial charge in [0.15, 0.2) is 0 Å². The summed E-state index contributed by atoms with van der Waals surface area (Å²) in [6, 6.07) is 2.17. The summed E-state index contributed by atoms with van der Waals surface area (Å²) in [5, 5.41) is 4.30. The summed E-state index contributed by atoms with van der Waals surface area (Å²) in [6.07, 6.45) is 4.36. The number of thiophene rings is 1. The average Bonchev–Trinajstić information content (AvgIpc) is 3.17. The normalized spacial score (nSPS) is 20.4. The molecule has 0 unspecified atom stereocenters. The molecule has 2 aromatic heterocycles. The van der Waals surface area contributed by atoms with Crippen LogP contribution in [0.5, 0.6) is 0 Å². The highest BCUT2D eigenvalue weighted by Gasteiger charge is 2.41. The second kappa shape index (κ2) is 7.30. The fourth-order valence-electron chi connectivity index (χ4n) is 3.70. The molecule has 4 rings (SSSR count). The van der Waals surface area contributed by atoms with Crippen LogP contribution in [0, 0.1) is 0 Å². The molecule has 4 heterocycles. The Morgan fingerprint density at radius 3 is 2.88 bits per heavy atom. The van der Waals surface area contributed by atoms with Gasteiger partial charge in [-0.2, -0.15) is 11.3 Å². The first-order chi connectivity index (χ1) is 12.6. The Morgan fingerprint density at radius 1 is 1.35 bits per heavy atom. The van der Waals surface area contributed by atoms with E-state index < -0.39 is 0 Å². The van der Waals surface area contributed by atoms with E-state index in [-0.39, 0.29) is 22.8 Å². The van der Waals surface area contributed by atoms with E-state index in [1.165, 1.54) is 11.8 Å². The Morgan fingerprint density at radius 2 is 2.19 bits per heavy atom. The quantitative estimate of drug-likeness (QED) is 0.877. The zero-order valence-corrected chi connectivity index (χ0v) is 15.3.